The predicted octanol–water partition coefficient (Wildman–Crippen LogP) is 3.22. The molecule has 8 nitrogen and oxygen atoms in total. The average molecular weight is 459 g/mol. The first-order valence-corrected chi connectivity index (χ1v) is 12.0. The summed E-state index contributed by atoms with van der Waals surface area (Å²) in [6, 6.07) is 9.58. The van der Waals surface area contributed by atoms with E-state index in [-0.39, 0.29) is 22.8 Å². The number of nitrogens with zero attached hydrogens (tertiary/aromatic N) is 2. The topological polar surface area (TPSA) is 98.8 Å². The molecule has 2 heterocycles. The molecule has 0 aliphatic carbocycles. The van der Waals surface area contributed by atoms with Gasteiger partial charge in [0.15, 0.2) is 11.4 Å². The van der Waals surface area contributed by atoms with Crippen LogP contribution in [0.1, 0.15) is 35.7 Å². The summed E-state index contributed by atoms with van der Waals surface area (Å²) in [7, 11) is -2.20. The maximum absolute atomic E-state index is 13.0. The Morgan fingerprint density at radius 3 is 2.56 bits per heavy atom. The fourth-order valence-electron chi connectivity index (χ4n) is 4.00. The molecule has 1 aromatic heterocycles. The Morgan fingerprint density at radius 2 is 1.88 bits per heavy atom. The first-order valence-electron chi connectivity index (χ1n) is 10.5. The third kappa shape index (κ3) is 4.10. The lowest BCUT2D eigenvalue weighted by Gasteiger charge is -2.29. The van der Waals surface area contributed by atoms with Crippen LogP contribution in [0.4, 0.5) is 0 Å². The van der Waals surface area contributed by atoms with Gasteiger partial charge >= 0.3 is 5.76 Å². The highest BCUT2D eigenvalue weighted by Gasteiger charge is 2.29. The second kappa shape index (κ2) is 8.55. The molecule has 2 aromatic carbocycles. The van der Waals surface area contributed by atoms with Crippen molar-refractivity contribution in [2.75, 3.05) is 20.2 Å². The summed E-state index contributed by atoms with van der Waals surface area (Å²) in [5.41, 5.74) is 1.75. The fraction of sp³-hybridized carbons (Fsp3) is 0.391. The molecular formula is C23H26N2O6S. The molecule has 1 fully saturated rings. The Labute approximate surface area is 186 Å². The van der Waals surface area contributed by atoms with E-state index < -0.39 is 15.8 Å². The highest BCUT2D eigenvalue weighted by Crippen LogP contribution is 2.26. The molecule has 0 atom stereocenters. The van der Waals surface area contributed by atoms with Crippen molar-refractivity contribution in [2.24, 2.45) is 5.92 Å². The molecule has 0 unspecified atom stereocenters. The third-order valence-corrected chi connectivity index (χ3v) is 7.87. The van der Waals surface area contributed by atoms with Crippen LogP contribution in [0.3, 0.4) is 0 Å². The smallest absolute Gasteiger partial charge is 0.420 e. The van der Waals surface area contributed by atoms with E-state index in [9.17, 15) is 18.0 Å². The summed E-state index contributed by atoms with van der Waals surface area (Å²) in [5, 5.41) is 0. The predicted molar refractivity (Wildman–Crippen MR) is 120 cm³/mol. The van der Waals surface area contributed by atoms with Gasteiger partial charge in [0.1, 0.15) is 5.75 Å². The van der Waals surface area contributed by atoms with Crippen molar-refractivity contribution in [1.29, 1.82) is 0 Å². The van der Waals surface area contributed by atoms with Crippen LogP contribution >= 0.6 is 0 Å². The Kier molecular flexibility index (Phi) is 5.96. The van der Waals surface area contributed by atoms with Gasteiger partial charge in [-0.1, -0.05) is 18.6 Å². The van der Waals surface area contributed by atoms with Gasteiger partial charge in [0.05, 0.1) is 29.6 Å². The molecule has 9 heteroatoms. The molecule has 0 amide bonds. The SMILES string of the molecule is COc1ccc(C)cc1C(=O)Cn1c(=O)oc2cc(S(=O)(=O)N3CCC(C)CC3)ccc21. The van der Waals surface area contributed by atoms with Crippen LogP contribution in [0.5, 0.6) is 5.75 Å². The Morgan fingerprint density at radius 1 is 1.16 bits per heavy atom. The van der Waals surface area contributed by atoms with E-state index in [0.29, 0.717) is 35.8 Å². The van der Waals surface area contributed by atoms with Crippen molar-refractivity contribution < 1.29 is 22.4 Å². The minimum absolute atomic E-state index is 0.0760. The Balaban J connectivity index is 1.66. The fourth-order valence-corrected chi connectivity index (χ4v) is 5.49. The molecular weight excluding hydrogens is 432 g/mol. The molecule has 0 radical (unpaired) electrons. The lowest BCUT2D eigenvalue weighted by Crippen LogP contribution is -2.37. The number of carbonyl (C=O) groups is 1. The molecule has 1 aliphatic rings. The van der Waals surface area contributed by atoms with E-state index >= 15 is 0 Å². The van der Waals surface area contributed by atoms with Crippen molar-refractivity contribution in [3.8, 4) is 5.75 Å². The summed E-state index contributed by atoms with van der Waals surface area (Å²) in [6.45, 7) is 4.67. The zero-order valence-corrected chi connectivity index (χ0v) is 19.1. The van der Waals surface area contributed by atoms with Gasteiger partial charge in [0.25, 0.3) is 0 Å². The highest BCUT2D eigenvalue weighted by atomic mass is 32.2. The zero-order chi connectivity index (χ0) is 23.0. The number of fused-ring (bicyclic) bond motifs is 1. The van der Waals surface area contributed by atoms with Crippen molar-refractivity contribution >= 4 is 26.9 Å². The van der Waals surface area contributed by atoms with E-state index in [1.807, 2.05) is 13.0 Å². The first kappa shape index (κ1) is 22.3. The van der Waals surface area contributed by atoms with Crippen LogP contribution in [0.25, 0.3) is 11.1 Å². The number of Topliss-reactive ketones (excluding diaryl/α,β-unsaturated/α-hetero) is 1. The molecule has 0 N–H and O–H groups in total. The average Bonchev–Trinajstić information content (AvgIpc) is 3.08. The number of aryl methyl sites for hydroxylation is 1. The van der Waals surface area contributed by atoms with Gasteiger partial charge in [-0.2, -0.15) is 4.31 Å². The molecule has 0 spiro atoms. The highest BCUT2D eigenvalue weighted by molar-refractivity contribution is 7.89. The van der Waals surface area contributed by atoms with E-state index in [1.54, 1.807) is 12.1 Å². The maximum atomic E-state index is 13.0. The number of rotatable bonds is 6. The lowest BCUT2D eigenvalue weighted by molar-refractivity contribution is 0.0967. The van der Waals surface area contributed by atoms with Gasteiger partial charge in [-0.25, -0.2) is 13.2 Å². The van der Waals surface area contributed by atoms with Crippen LogP contribution in [-0.2, 0) is 16.6 Å². The third-order valence-electron chi connectivity index (χ3n) is 5.98. The number of aromatic nitrogens is 1. The number of piperidine rings is 1. The summed E-state index contributed by atoms with van der Waals surface area (Å²) < 4.78 is 39.3. The molecule has 32 heavy (non-hydrogen) atoms. The quantitative estimate of drug-likeness (QED) is 0.526. The van der Waals surface area contributed by atoms with Crippen molar-refractivity contribution in [2.45, 2.75) is 38.1 Å². The molecule has 0 bridgehead atoms. The van der Waals surface area contributed by atoms with Crippen LogP contribution in [0.15, 0.2) is 50.5 Å². The second-order valence-electron chi connectivity index (χ2n) is 8.30. The number of ketones is 1. The number of ether oxygens (including phenoxy) is 1. The van der Waals surface area contributed by atoms with Crippen molar-refractivity contribution in [1.82, 2.24) is 8.87 Å². The minimum atomic E-state index is -3.68. The van der Waals surface area contributed by atoms with Gasteiger partial charge in [-0.05, 0) is 49.9 Å². The molecule has 170 valence electrons. The van der Waals surface area contributed by atoms with E-state index in [1.165, 1.54) is 34.2 Å². The van der Waals surface area contributed by atoms with Gasteiger partial charge < -0.3 is 9.15 Å². The number of hydrogen-bond acceptors (Lipinski definition) is 6. The maximum Gasteiger partial charge on any atom is 0.420 e. The molecule has 3 aromatic rings. The van der Waals surface area contributed by atoms with Crippen LogP contribution in [0.2, 0.25) is 0 Å². The number of sulfonamides is 1. The Hall–Kier alpha value is -2.91. The van der Waals surface area contributed by atoms with Crippen LogP contribution < -0.4 is 10.5 Å². The van der Waals surface area contributed by atoms with Crippen molar-refractivity contribution in [3.63, 3.8) is 0 Å². The lowest BCUT2D eigenvalue weighted by atomic mass is 10.0. The van der Waals surface area contributed by atoms with Gasteiger partial charge in [-0.3, -0.25) is 9.36 Å². The minimum Gasteiger partial charge on any atom is -0.496 e. The first-order chi connectivity index (χ1) is 15.2. The molecule has 1 aliphatic heterocycles. The molecule has 1 saturated heterocycles. The number of methoxy groups -OCH3 is 1. The largest absolute Gasteiger partial charge is 0.496 e. The summed E-state index contributed by atoms with van der Waals surface area (Å²) in [6.07, 6.45) is 1.63. The molecule has 0 saturated carbocycles. The Bertz CT molecular complexity index is 1330. The van der Waals surface area contributed by atoms with Crippen molar-refractivity contribution in [3.05, 3.63) is 58.1 Å². The normalized spacial score (nSPS) is 15.8. The van der Waals surface area contributed by atoms with Crippen LogP contribution in [0, 0.1) is 12.8 Å². The van der Waals surface area contributed by atoms with Gasteiger partial charge in [-0.15, -0.1) is 0 Å². The number of hydrogen-bond donors (Lipinski definition) is 0. The monoisotopic (exact) mass is 458 g/mol. The number of benzene rings is 2. The van der Waals surface area contributed by atoms with E-state index in [2.05, 4.69) is 6.92 Å². The number of carbonyl (C=O) groups excluding carboxylic acids is 1. The van der Waals surface area contributed by atoms with Gasteiger partial charge in [0, 0.05) is 19.2 Å². The standard InChI is InChI=1S/C23H26N2O6S/c1-15-8-10-24(11-9-15)32(28,29)17-5-6-19-22(13-17)31-23(27)25(19)14-20(26)18-12-16(2)4-7-21(18)30-3/h4-7,12-13,15H,8-11,14H2,1-3H3. The zero-order valence-electron chi connectivity index (χ0n) is 18.3. The summed E-state index contributed by atoms with van der Waals surface area (Å²) in [4.78, 5) is 25.5. The van der Waals surface area contributed by atoms with E-state index in [4.69, 9.17) is 9.15 Å². The van der Waals surface area contributed by atoms with E-state index in [0.717, 1.165) is 18.4 Å². The summed E-state index contributed by atoms with van der Waals surface area (Å²) in [5.74, 6) is -0.109. The second-order valence-corrected chi connectivity index (χ2v) is 10.2. The summed E-state index contributed by atoms with van der Waals surface area (Å²) >= 11 is 0. The van der Waals surface area contributed by atoms with Crippen LogP contribution in [-0.4, -0.2) is 43.3 Å². The van der Waals surface area contributed by atoms with Gasteiger partial charge in [0.2, 0.25) is 10.0 Å². The number of oxazole rings is 1. The molecule has 4 rings (SSSR count).